The van der Waals surface area contributed by atoms with Crippen molar-refractivity contribution in [3.05, 3.63) is 0 Å². The van der Waals surface area contributed by atoms with Crippen molar-refractivity contribution in [2.75, 3.05) is 7.11 Å². The van der Waals surface area contributed by atoms with E-state index in [4.69, 9.17) is 4.74 Å². The van der Waals surface area contributed by atoms with Gasteiger partial charge in [-0.25, -0.2) is 0 Å². The molecule has 0 radical (unpaired) electrons. The first-order valence-corrected chi connectivity index (χ1v) is 5.08. The number of methoxy groups -OCH3 is 1. The van der Waals surface area contributed by atoms with Crippen molar-refractivity contribution in [3.63, 3.8) is 0 Å². The summed E-state index contributed by atoms with van der Waals surface area (Å²) in [4.78, 5) is 22.6. The van der Waals surface area contributed by atoms with Crippen LogP contribution in [0.15, 0.2) is 0 Å². The zero-order valence-corrected chi connectivity index (χ0v) is 8.29. The fourth-order valence-corrected chi connectivity index (χ4v) is 2.31. The largest absolute Gasteiger partial charge is 0.374 e. The summed E-state index contributed by atoms with van der Waals surface area (Å²) in [6.07, 6.45) is 3.00. The SMILES string of the molecule is CO[C@H]1CCC[C@@H]([C@@H]2CC(=O)N2)C1=O. The number of ether oxygens (including phenoxy) is 1. The molecule has 0 bridgehead atoms. The maximum atomic E-state index is 11.8. The normalized spacial score (nSPS) is 37.6. The molecule has 2 rings (SSSR count). The van der Waals surface area contributed by atoms with Gasteiger partial charge in [0.05, 0.1) is 0 Å². The summed E-state index contributed by atoms with van der Waals surface area (Å²) in [7, 11) is 1.57. The van der Waals surface area contributed by atoms with Crippen LogP contribution in [0.3, 0.4) is 0 Å². The van der Waals surface area contributed by atoms with Crippen LogP contribution in [0, 0.1) is 5.92 Å². The molecule has 1 amide bonds. The predicted molar refractivity (Wildman–Crippen MR) is 49.7 cm³/mol. The lowest BCUT2D eigenvalue weighted by atomic mass is 9.77. The van der Waals surface area contributed by atoms with Crippen LogP contribution in [-0.2, 0) is 14.3 Å². The minimum absolute atomic E-state index is 0.00796. The Hall–Kier alpha value is -0.900. The number of nitrogens with one attached hydrogen (secondary N) is 1. The van der Waals surface area contributed by atoms with Gasteiger partial charge in [-0.1, -0.05) is 0 Å². The lowest BCUT2D eigenvalue weighted by molar-refractivity contribution is -0.141. The van der Waals surface area contributed by atoms with Gasteiger partial charge < -0.3 is 10.1 Å². The Balaban J connectivity index is 1.97. The van der Waals surface area contributed by atoms with Crippen LogP contribution in [0.25, 0.3) is 0 Å². The van der Waals surface area contributed by atoms with Crippen LogP contribution in [0.4, 0.5) is 0 Å². The summed E-state index contributed by atoms with van der Waals surface area (Å²) in [5, 5.41) is 2.77. The van der Waals surface area contributed by atoms with E-state index in [0.717, 1.165) is 19.3 Å². The van der Waals surface area contributed by atoms with E-state index in [1.807, 2.05) is 0 Å². The summed E-state index contributed by atoms with van der Waals surface area (Å²) in [5.41, 5.74) is 0. The van der Waals surface area contributed by atoms with Gasteiger partial charge in [-0.05, 0) is 19.3 Å². The molecule has 0 unspecified atom stereocenters. The Kier molecular flexibility index (Phi) is 2.54. The predicted octanol–water partition coefficient (Wildman–Crippen LogP) is 0.259. The second-order valence-corrected chi connectivity index (χ2v) is 4.04. The Morgan fingerprint density at radius 3 is 2.64 bits per heavy atom. The average Bonchev–Trinajstić information content (AvgIpc) is 2.14. The molecular formula is C10H15NO3. The smallest absolute Gasteiger partial charge is 0.222 e. The minimum Gasteiger partial charge on any atom is -0.374 e. The van der Waals surface area contributed by atoms with E-state index < -0.39 is 0 Å². The Morgan fingerprint density at radius 2 is 2.07 bits per heavy atom. The Labute approximate surface area is 83.0 Å². The van der Waals surface area contributed by atoms with Gasteiger partial charge in [0.2, 0.25) is 5.91 Å². The molecule has 2 fully saturated rings. The van der Waals surface area contributed by atoms with Crippen molar-refractivity contribution >= 4 is 11.7 Å². The van der Waals surface area contributed by atoms with Crippen molar-refractivity contribution in [2.24, 2.45) is 5.92 Å². The van der Waals surface area contributed by atoms with Crippen LogP contribution in [0.5, 0.6) is 0 Å². The topological polar surface area (TPSA) is 55.4 Å². The maximum Gasteiger partial charge on any atom is 0.222 e. The van der Waals surface area contributed by atoms with E-state index in [1.54, 1.807) is 7.11 Å². The zero-order valence-electron chi connectivity index (χ0n) is 8.29. The van der Waals surface area contributed by atoms with Crippen molar-refractivity contribution in [1.82, 2.24) is 5.32 Å². The molecule has 0 aromatic rings. The number of ketones is 1. The fraction of sp³-hybridized carbons (Fsp3) is 0.800. The van der Waals surface area contributed by atoms with E-state index in [1.165, 1.54) is 0 Å². The molecule has 14 heavy (non-hydrogen) atoms. The highest BCUT2D eigenvalue weighted by Crippen LogP contribution is 2.29. The molecule has 3 atom stereocenters. The lowest BCUT2D eigenvalue weighted by Crippen LogP contribution is -2.56. The van der Waals surface area contributed by atoms with Crippen LogP contribution in [0.2, 0.25) is 0 Å². The van der Waals surface area contributed by atoms with Crippen molar-refractivity contribution in [3.8, 4) is 0 Å². The van der Waals surface area contributed by atoms with Gasteiger partial charge in [-0.15, -0.1) is 0 Å². The van der Waals surface area contributed by atoms with Gasteiger partial charge in [0.25, 0.3) is 0 Å². The van der Waals surface area contributed by atoms with Gasteiger partial charge in [0.15, 0.2) is 5.78 Å². The van der Waals surface area contributed by atoms with Crippen molar-refractivity contribution in [2.45, 2.75) is 37.8 Å². The number of hydrogen-bond acceptors (Lipinski definition) is 3. The Morgan fingerprint density at radius 1 is 1.36 bits per heavy atom. The molecule has 4 heteroatoms. The van der Waals surface area contributed by atoms with Gasteiger partial charge in [-0.3, -0.25) is 9.59 Å². The summed E-state index contributed by atoms with van der Waals surface area (Å²) >= 11 is 0. The Bertz CT molecular complexity index is 256. The third-order valence-electron chi connectivity index (χ3n) is 3.19. The number of hydrogen-bond donors (Lipinski definition) is 1. The fourth-order valence-electron chi connectivity index (χ4n) is 2.31. The lowest BCUT2D eigenvalue weighted by Gasteiger charge is -2.37. The standard InChI is InChI=1S/C10H15NO3/c1-14-8-4-2-3-6(10(8)13)7-5-9(12)11-7/h6-8H,2-5H2,1H3,(H,11,12)/t6-,7-,8-/m0/s1. The van der Waals surface area contributed by atoms with Gasteiger partial charge in [-0.2, -0.15) is 0 Å². The average molecular weight is 197 g/mol. The molecule has 1 N–H and O–H groups in total. The van der Waals surface area contributed by atoms with Crippen LogP contribution in [-0.4, -0.2) is 30.9 Å². The van der Waals surface area contributed by atoms with E-state index in [9.17, 15) is 9.59 Å². The number of carbonyl (C=O) groups is 2. The quantitative estimate of drug-likeness (QED) is 0.646. The first kappa shape index (κ1) is 9.65. The molecule has 2 aliphatic rings. The van der Waals surface area contributed by atoms with Crippen LogP contribution >= 0.6 is 0 Å². The molecule has 1 aliphatic heterocycles. The third kappa shape index (κ3) is 1.54. The van der Waals surface area contributed by atoms with Gasteiger partial charge in [0, 0.05) is 25.5 Å². The van der Waals surface area contributed by atoms with E-state index in [2.05, 4.69) is 5.32 Å². The summed E-state index contributed by atoms with van der Waals surface area (Å²) in [5.74, 6) is 0.220. The highest BCUT2D eigenvalue weighted by Gasteiger charge is 2.41. The maximum absolute atomic E-state index is 11.8. The van der Waals surface area contributed by atoms with Crippen LogP contribution < -0.4 is 5.32 Å². The molecule has 0 aromatic carbocycles. The third-order valence-corrected chi connectivity index (χ3v) is 3.19. The molecule has 1 saturated carbocycles. The number of β-lactam (4-membered cyclic amide) rings is 1. The van der Waals surface area contributed by atoms with Gasteiger partial charge in [0.1, 0.15) is 6.10 Å². The molecule has 1 saturated heterocycles. The minimum atomic E-state index is -0.244. The van der Waals surface area contributed by atoms with E-state index >= 15 is 0 Å². The molecule has 78 valence electrons. The van der Waals surface area contributed by atoms with Gasteiger partial charge >= 0.3 is 0 Å². The molecule has 0 aromatic heterocycles. The summed E-state index contributed by atoms with van der Waals surface area (Å²) in [6, 6.07) is 0.0768. The number of carbonyl (C=O) groups excluding carboxylic acids is 2. The highest BCUT2D eigenvalue weighted by atomic mass is 16.5. The zero-order chi connectivity index (χ0) is 10.1. The monoisotopic (exact) mass is 197 g/mol. The molecule has 1 heterocycles. The molecular weight excluding hydrogens is 182 g/mol. The van der Waals surface area contributed by atoms with Crippen molar-refractivity contribution < 1.29 is 14.3 Å². The first-order valence-electron chi connectivity index (χ1n) is 5.08. The number of amides is 1. The second kappa shape index (κ2) is 3.69. The van der Waals surface area contributed by atoms with Crippen molar-refractivity contribution in [1.29, 1.82) is 0 Å². The summed E-state index contributed by atoms with van der Waals surface area (Å²) < 4.78 is 5.12. The first-order chi connectivity index (χ1) is 6.72. The molecule has 1 aliphatic carbocycles. The molecule has 0 spiro atoms. The molecule has 4 nitrogen and oxygen atoms in total. The highest BCUT2D eigenvalue weighted by molar-refractivity contribution is 5.91. The second-order valence-electron chi connectivity index (χ2n) is 4.04. The summed E-state index contributed by atoms with van der Waals surface area (Å²) in [6.45, 7) is 0. The van der Waals surface area contributed by atoms with Crippen LogP contribution in [0.1, 0.15) is 25.7 Å². The number of rotatable bonds is 2. The van der Waals surface area contributed by atoms with E-state index in [0.29, 0.717) is 6.42 Å². The number of Topliss-reactive ketones (excluding diaryl/α,β-unsaturated/α-hetero) is 1. The van der Waals surface area contributed by atoms with E-state index in [-0.39, 0.29) is 29.8 Å².